The van der Waals surface area contributed by atoms with Crippen molar-refractivity contribution >= 4 is 11.6 Å². The van der Waals surface area contributed by atoms with Gasteiger partial charge in [-0.05, 0) is 24.0 Å². The van der Waals surface area contributed by atoms with Gasteiger partial charge in [0.2, 0.25) is 5.91 Å². The van der Waals surface area contributed by atoms with Crippen LogP contribution in [0.25, 0.3) is 0 Å². The largest absolute Gasteiger partial charge is 0.337 e. The van der Waals surface area contributed by atoms with Crippen LogP contribution in [0.1, 0.15) is 31.7 Å². The van der Waals surface area contributed by atoms with Crippen molar-refractivity contribution < 1.29 is 4.79 Å². The summed E-state index contributed by atoms with van der Waals surface area (Å²) in [7, 11) is 0. The molecule has 1 N–H and O–H groups in total. The standard InChI is InChI=1S/C21H26N4O4/c1-5-12-23-19(27)24(13-6-2)21(29)25(20(23)28)14-18(26)22-17-11-9-8-10-16(17)15(4)7-3/h5-6,8-11,15H,1-2,7,12-14H2,3-4H3,(H,22,26)/t15-/m1/s1. The van der Waals surface area contributed by atoms with Crippen LogP contribution in [-0.2, 0) is 24.4 Å². The summed E-state index contributed by atoms with van der Waals surface area (Å²) in [4.78, 5) is 50.3. The zero-order chi connectivity index (χ0) is 21.6. The number of benzene rings is 1. The highest BCUT2D eigenvalue weighted by molar-refractivity contribution is 5.91. The smallest absolute Gasteiger partial charge is 0.324 e. The van der Waals surface area contributed by atoms with Gasteiger partial charge in [-0.1, -0.05) is 44.2 Å². The molecule has 1 atom stereocenters. The number of nitrogens with one attached hydrogen (secondary N) is 1. The molecule has 1 aromatic carbocycles. The summed E-state index contributed by atoms with van der Waals surface area (Å²) in [6.45, 7) is 10.5. The zero-order valence-electron chi connectivity index (χ0n) is 16.8. The van der Waals surface area contributed by atoms with Gasteiger partial charge in [0.05, 0.1) is 13.1 Å². The average Bonchev–Trinajstić information content (AvgIpc) is 2.71. The summed E-state index contributed by atoms with van der Waals surface area (Å²) in [5.74, 6) is -0.303. The maximum Gasteiger partial charge on any atom is 0.337 e. The molecule has 1 amide bonds. The number of hydrogen-bond donors (Lipinski definition) is 1. The molecule has 0 bridgehead atoms. The summed E-state index contributed by atoms with van der Waals surface area (Å²) in [6.07, 6.45) is 3.64. The van der Waals surface area contributed by atoms with E-state index in [4.69, 9.17) is 0 Å². The molecule has 0 aliphatic carbocycles. The van der Waals surface area contributed by atoms with E-state index in [1.165, 1.54) is 12.2 Å². The van der Waals surface area contributed by atoms with Crippen LogP contribution in [0, 0.1) is 0 Å². The van der Waals surface area contributed by atoms with Gasteiger partial charge < -0.3 is 5.32 Å². The first-order chi connectivity index (χ1) is 13.8. The Labute approximate surface area is 168 Å². The van der Waals surface area contributed by atoms with E-state index in [0.717, 1.165) is 25.7 Å². The van der Waals surface area contributed by atoms with Gasteiger partial charge in [0.15, 0.2) is 0 Å². The Balaban J connectivity index is 2.44. The first-order valence-corrected chi connectivity index (χ1v) is 9.40. The first-order valence-electron chi connectivity index (χ1n) is 9.40. The predicted molar refractivity (Wildman–Crippen MR) is 113 cm³/mol. The minimum atomic E-state index is -0.856. The Morgan fingerprint density at radius 2 is 1.52 bits per heavy atom. The van der Waals surface area contributed by atoms with Gasteiger partial charge in [-0.15, -0.1) is 13.2 Å². The van der Waals surface area contributed by atoms with Gasteiger partial charge in [0, 0.05) is 5.69 Å². The van der Waals surface area contributed by atoms with Crippen LogP contribution in [0.15, 0.2) is 64.0 Å². The summed E-state index contributed by atoms with van der Waals surface area (Å²) in [5, 5.41) is 2.77. The van der Waals surface area contributed by atoms with E-state index >= 15 is 0 Å². The number of allylic oxidation sites excluding steroid dienone is 2. The molecule has 154 valence electrons. The zero-order valence-corrected chi connectivity index (χ0v) is 16.8. The van der Waals surface area contributed by atoms with E-state index < -0.39 is 29.5 Å². The van der Waals surface area contributed by atoms with E-state index in [1.807, 2.05) is 19.1 Å². The molecule has 29 heavy (non-hydrogen) atoms. The molecule has 0 aliphatic rings. The highest BCUT2D eigenvalue weighted by Gasteiger charge is 2.17. The number of carbonyl (C=O) groups is 1. The number of rotatable bonds is 9. The Hall–Kier alpha value is -3.42. The molecule has 1 heterocycles. The average molecular weight is 398 g/mol. The minimum absolute atomic E-state index is 0.0758. The van der Waals surface area contributed by atoms with E-state index in [2.05, 4.69) is 25.4 Å². The number of nitrogens with zero attached hydrogens (tertiary/aromatic N) is 3. The van der Waals surface area contributed by atoms with Gasteiger partial charge in [0.1, 0.15) is 6.54 Å². The summed E-state index contributed by atoms with van der Waals surface area (Å²) in [5.41, 5.74) is -0.878. The molecule has 0 saturated heterocycles. The fraction of sp³-hybridized carbons (Fsp3) is 0.333. The van der Waals surface area contributed by atoms with Gasteiger partial charge in [-0.2, -0.15) is 0 Å². The van der Waals surface area contributed by atoms with E-state index in [9.17, 15) is 19.2 Å². The van der Waals surface area contributed by atoms with Crippen molar-refractivity contribution in [1.82, 2.24) is 13.7 Å². The molecule has 0 radical (unpaired) electrons. The molecule has 0 aliphatic heterocycles. The minimum Gasteiger partial charge on any atom is -0.324 e. The summed E-state index contributed by atoms with van der Waals surface area (Å²) < 4.78 is 2.46. The summed E-state index contributed by atoms with van der Waals surface area (Å²) >= 11 is 0. The molecule has 0 spiro atoms. The highest BCUT2D eigenvalue weighted by Crippen LogP contribution is 2.26. The first kappa shape index (κ1) is 21.9. The third-order valence-corrected chi connectivity index (χ3v) is 4.69. The second kappa shape index (κ2) is 9.68. The van der Waals surface area contributed by atoms with Crippen molar-refractivity contribution in [1.29, 1.82) is 0 Å². The lowest BCUT2D eigenvalue weighted by atomic mass is 9.97. The van der Waals surface area contributed by atoms with Crippen LogP contribution < -0.4 is 22.4 Å². The van der Waals surface area contributed by atoms with Crippen molar-refractivity contribution in [3.05, 3.63) is 86.6 Å². The number of hydrogen-bond acceptors (Lipinski definition) is 4. The lowest BCUT2D eigenvalue weighted by Gasteiger charge is -2.16. The van der Waals surface area contributed by atoms with Crippen LogP contribution in [-0.4, -0.2) is 19.6 Å². The molecular weight excluding hydrogens is 372 g/mol. The van der Waals surface area contributed by atoms with Gasteiger partial charge in [-0.25, -0.2) is 28.1 Å². The number of amides is 1. The Bertz CT molecular complexity index is 1040. The lowest BCUT2D eigenvalue weighted by Crippen LogP contribution is -2.55. The number of para-hydroxylation sites is 1. The van der Waals surface area contributed by atoms with Crippen LogP contribution in [0.2, 0.25) is 0 Å². The van der Waals surface area contributed by atoms with Crippen LogP contribution in [0.4, 0.5) is 5.69 Å². The maximum absolute atomic E-state index is 12.6. The van der Waals surface area contributed by atoms with Crippen LogP contribution in [0.5, 0.6) is 0 Å². The third-order valence-electron chi connectivity index (χ3n) is 4.69. The molecule has 1 aromatic heterocycles. The van der Waals surface area contributed by atoms with E-state index in [1.54, 1.807) is 12.1 Å². The predicted octanol–water partition coefficient (Wildman–Crippen LogP) is 1.70. The van der Waals surface area contributed by atoms with Gasteiger partial charge in [0.25, 0.3) is 0 Å². The number of carbonyl (C=O) groups excluding carboxylic acids is 1. The van der Waals surface area contributed by atoms with Crippen molar-refractivity contribution in [2.45, 2.75) is 45.8 Å². The molecular formula is C21H26N4O4. The lowest BCUT2D eigenvalue weighted by molar-refractivity contribution is -0.116. The molecule has 0 fully saturated rings. The Morgan fingerprint density at radius 1 is 1.00 bits per heavy atom. The van der Waals surface area contributed by atoms with Crippen molar-refractivity contribution in [2.75, 3.05) is 5.32 Å². The van der Waals surface area contributed by atoms with Gasteiger partial charge >= 0.3 is 17.1 Å². The molecule has 2 rings (SSSR count). The van der Waals surface area contributed by atoms with Crippen LogP contribution >= 0.6 is 0 Å². The molecule has 0 unspecified atom stereocenters. The summed E-state index contributed by atoms with van der Waals surface area (Å²) in [6, 6.07) is 7.39. The van der Waals surface area contributed by atoms with Crippen molar-refractivity contribution in [3.8, 4) is 0 Å². The van der Waals surface area contributed by atoms with Crippen molar-refractivity contribution in [3.63, 3.8) is 0 Å². The fourth-order valence-corrected chi connectivity index (χ4v) is 2.98. The number of aromatic nitrogens is 3. The fourth-order valence-electron chi connectivity index (χ4n) is 2.98. The second-order valence-electron chi connectivity index (χ2n) is 6.68. The second-order valence-corrected chi connectivity index (χ2v) is 6.68. The highest BCUT2D eigenvalue weighted by atomic mass is 16.2. The Morgan fingerprint density at radius 3 is 2.03 bits per heavy atom. The monoisotopic (exact) mass is 398 g/mol. The molecule has 8 heteroatoms. The topological polar surface area (TPSA) is 95.1 Å². The molecule has 8 nitrogen and oxygen atoms in total. The SMILES string of the molecule is C=CCn1c(=O)n(CC=C)c(=O)n(CC(=O)Nc2ccccc2[C@H](C)CC)c1=O. The Kier molecular flexibility index (Phi) is 7.30. The molecule has 0 saturated carbocycles. The number of anilines is 1. The van der Waals surface area contributed by atoms with Crippen LogP contribution in [0.3, 0.4) is 0 Å². The maximum atomic E-state index is 12.6. The normalized spacial score (nSPS) is 11.7. The van der Waals surface area contributed by atoms with E-state index in [-0.39, 0.29) is 19.0 Å². The molecule has 2 aromatic rings. The third kappa shape index (κ3) is 4.71. The van der Waals surface area contributed by atoms with E-state index in [0.29, 0.717) is 5.69 Å². The van der Waals surface area contributed by atoms with Crippen molar-refractivity contribution in [2.24, 2.45) is 0 Å². The quantitative estimate of drug-likeness (QED) is 0.651. The van der Waals surface area contributed by atoms with Gasteiger partial charge in [-0.3, -0.25) is 4.79 Å².